The number of nitrogens with two attached hydrogens (primary N) is 3. The van der Waals surface area contributed by atoms with Crippen molar-refractivity contribution in [1.29, 1.82) is 0 Å². The van der Waals surface area contributed by atoms with Gasteiger partial charge in [0.2, 0.25) is 53.2 Å². The average molecular weight is 1300 g/mol. The van der Waals surface area contributed by atoms with Crippen LogP contribution in [0.5, 0.6) is 0 Å². The molecule has 1 aromatic rings. The highest BCUT2D eigenvalue weighted by Crippen LogP contribution is 2.20. The molecule has 1 heterocycles. The number of methoxy groups -OCH3 is 1. The van der Waals surface area contributed by atoms with Crippen molar-refractivity contribution in [3.05, 3.63) is 59.7 Å². The molecule has 32 heteroatoms. The number of nitrogens with one attached hydrogen (secondary N) is 8. The highest BCUT2D eigenvalue weighted by molar-refractivity contribution is 7.99. The zero-order valence-corrected chi connectivity index (χ0v) is 53.5. The van der Waals surface area contributed by atoms with Gasteiger partial charge in [-0.2, -0.15) is 11.8 Å². The lowest BCUT2D eigenvalue weighted by atomic mass is 9.94. The summed E-state index contributed by atoms with van der Waals surface area (Å²) in [7, 11) is 2.74. The number of carbonyl (C=O) groups excluding carboxylic acids is 9. The SMILES string of the molecule is CO[C@@H](Cc1ccccc1)[C@@H](C)/C=C(C)/C=C/C1NC(=O)[C@H](CCCN=C(N)N)NC(=O)[C@@H](C)[C@H](C(=O)O)NC(=O)[C@H](CC(C)C)NC(=O)[C@@H](C)NC(=O)C(CSC[C@H](NC(=O)CC[C@H](N)C(=O)O)C(=O)NCC(=O)O)N(C)C(=O)CCC(C(=O)O)NC(=O)[C@H]1C. The number of aliphatic imine (C=N–C) groups is 1. The second kappa shape index (κ2) is 39.5. The van der Waals surface area contributed by atoms with E-state index in [1.165, 1.54) is 26.8 Å². The van der Waals surface area contributed by atoms with E-state index in [0.717, 1.165) is 29.3 Å². The van der Waals surface area contributed by atoms with E-state index in [0.29, 0.717) is 12.0 Å². The number of hydrogen-bond donors (Lipinski definition) is 15. The van der Waals surface area contributed by atoms with Crippen molar-refractivity contribution in [2.45, 2.75) is 160 Å². The van der Waals surface area contributed by atoms with Gasteiger partial charge in [-0.05, 0) is 63.9 Å². The standard InChI is InChI=1S/C59H91N13O18S/c1-30(2)24-41-54(82)71-48(58(88)89)34(6)50(78)68-39(16-13-23-63-59(61)62)53(81)67-38(19-17-31(3)25-32(4)44(90-9)26-36-14-11-10-12-15-36)33(5)49(77)69-40(57(86)87)20-22-46(74)72(8)43(55(83)65-35(7)51(79)70-41)29-91-28-42(52(80)64-27-47(75)76)66-45(73)21-18-37(60)56(84)85/h10-12,14-15,17,19,25,30,32-35,37-44,48H,13,16,18,20-24,26-29,60H2,1-9H3,(H,64,80)(H,65,83)(H,66,73)(H,67,81)(H,68,78)(H,69,77)(H,70,79)(H,71,82)(H,75,76)(H,84,85)(H,86,87)(H,88,89)(H4,61,62,63)/b19-17+,31-25+/t32-,33-,34-,35+,37-,38?,39-,40?,41-,42-,43?,44-,48+/m0/s1. The second-order valence-electron chi connectivity index (χ2n) is 22.7. The van der Waals surface area contributed by atoms with Crippen LogP contribution in [0, 0.1) is 23.7 Å². The molecule has 13 atom stereocenters. The third kappa shape index (κ3) is 28.4. The predicted octanol–water partition coefficient (Wildman–Crippen LogP) is -1.92. The summed E-state index contributed by atoms with van der Waals surface area (Å²) in [6, 6.07) is -4.50. The molecule has 9 amide bonds. The maximum atomic E-state index is 14.6. The van der Waals surface area contributed by atoms with Crippen molar-refractivity contribution in [1.82, 2.24) is 47.4 Å². The van der Waals surface area contributed by atoms with Crippen LogP contribution in [0.3, 0.4) is 0 Å². The van der Waals surface area contributed by atoms with Gasteiger partial charge in [0, 0.05) is 51.0 Å². The van der Waals surface area contributed by atoms with Crippen LogP contribution in [0.15, 0.2) is 59.1 Å². The Balaban J connectivity index is 2.83. The maximum absolute atomic E-state index is 14.6. The van der Waals surface area contributed by atoms with Gasteiger partial charge in [0.05, 0.1) is 24.0 Å². The van der Waals surface area contributed by atoms with Gasteiger partial charge in [-0.15, -0.1) is 0 Å². The van der Waals surface area contributed by atoms with Gasteiger partial charge in [-0.25, -0.2) is 9.59 Å². The van der Waals surface area contributed by atoms with Gasteiger partial charge in [0.1, 0.15) is 54.9 Å². The molecule has 506 valence electrons. The Morgan fingerprint density at radius 1 is 0.813 bits per heavy atom. The van der Waals surface area contributed by atoms with E-state index in [2.05, 4.69) is 47.5 Å². The average Bonchev–Trinajstić information content (AvgIpc) is 1.99. The van der Waals surface area contributed by atoms with Crippen molar-refractivity contribution in [3.8, 4) is 0 Å². The first-order valence-electron chi connectivity index (χ1n) is 29.5. The van der Waals surface area contributed by atoms with Crippen molar-refractivity contribution in [3.63, 3.8) is 0 Å². The minimum Gasteiger partial charge on any atom is -0.480 e. The molecule has 91 heavy (non-hydrogen) atoms. The number of allylic oxidation sites excluding steroid dienone is 2. The number of carboxylic acid groups (broad SMARTS) is 4. The first-order valence-corrected chi connectivity index (χ1v) is 30.7. The van der Waals surface area contributed by atoms with Crippen LogP contribution in [0.2, 0.25) is 0 Å². The summed E-state index contributed by atoms with van der Waals surface area (Å²) in [6.45, 7) is 9.92. The molecule has 0 radical (unpaired) electrons. The van der Waals surface area contributed by atoms with Crippen molar-refractivity contribution in [2.75, 3.05) is 38.8 Å². The largest absolute Gasteiger partial charge is 0.480 e. The molecule has 0 saturated carbocycles. The van der Waals surface area contributed by atoms with Crippen molar-refractivity contribution in [2.24, 2.45) is 45.9 Å². The molecule has 0 spiro atoms. The molecule has 0 bridgehead atoms. The first kappa shape index (κ1) is 78.4. The molecule has 2 rings (SSSR count). The minimum atomic E-state index is -1.99. The highest BCUT2D eigenvalue weighted by Gasteiger charge is 2.38. The van der Waals surface area contributed by atoms with Gasteiger partial charge in [0.15, 0.2) is 5.96 Å². The Labute approximate surface area is 532 Å². The lowest BCUT2D eigenvalue weighted by molar-refractivity contribution is -0.146. The number of nitrogens with zero attached hydrogens (tertiary/aromatic N) is 2. The molecule has 3 unspecified atom stereocenters. The monoisotopic (exact) mass is 1300 g/mol. The third-order valence-corrected chi connectivity index (χ3v) is 15.8. The zero-order chi connectivity index (χ0) is 68.8. The summed E-state index contributed by atoms with van der Waals surface area (Å²) in [5.74, 6) is -19.4. The van der Waals surface area contributed by atoms with Crippen molar-refractivity contribution >= 4 is 94.8 Å². The number of carboxylic acids is 4. The Morgan fingerprint density at radius 2 is 1.44 bits per heavy atom. The maximum Gasteiger partial charge on any atom is 0.327 e. The number of ether oxygens (including phenoxy) is 1. The fourth-order valence-electron chi connectivity index (χ4n) is 9.17. The van der Waals surface area contributed by atoms with Gasteiger partial charge < -0.3 is 89.8 Å². The number of aliphatic carboxylic acids is 4. The Hall–Kier alpha value is -8.65. The van der Waals surface area contributed by atoms with E-state index in [4.69, 9.17) is 21.9 Å². The summed E-state index contributed by atoms with van der Waals surface area (Å²) < 4.78 is 5.83. The molecule has 0 aromatic heterocycles. The van der Waals surface area contributed by atoms with Crippen LogP contribution in [0.25, 0.3) is 0 Å². The Morgan fingerprint density at radius 3 is 2.02 bits per heavy atom. The topological polar surface area (TPSA) is 502 Å². The summed E-state index contributed by atoms with van der Waals surface area (Å²) in [5.41, 5.74) is 18.3. The first-order chi connectivity index (χ1) is 42.7. The fraction of sp³-hybridized carbons (Fsp3) is 0.593. The normalized spacial score (nSPS) is 23.6. The van der Waals surface area contributed by atoms with Crippen LogP contribution in [-0.2, 0) is 73.5 Å². The van der Waals surface area contributed by atoms with E-state index in [9.17, 15) is 82.8 Å². The van der Waals surface area contributed by atoms with E-state index in [1.807, 2.05) is 43.3 Å². The number of rotatable bonds is 27. The molecular weight excluding hydrogens is 1210 g/mol. The second-order valence-corrected chi connectivity index (χ2v) is 23.7. The molecule has 1 aliphatic rings. The Bertz CT molecular complexity index is 2800. The molecule has 1 aromatic carbocycles. The number of benzene rings is 1. The number of hydrogen-bond acceptors (Lipinski definition) is 17. The number of likely N-dealkylation sites (N-methyl/N-ethyl adjacent to an activating group) is 1. The van der Waals surface area contributed by atoms with Crippen LogP contribution in [-0.4, -0.2) is 208 Å². The van der Waals surface area contributed by atoms with Crippen LogP contribution < -0.4 is 59.7 Å². The summed E-state index contributed by atoms with van der Waals surface area (Å²) in [5, 5.41) is 58.9. The number of thioether (sulfide) groups is 1. The van der Waals surface area contributed by atoms with Gasteiger partial charge in [-0.1, -0.05) is 88.8 Å². The van der Waals surface area contributed by atoms with Gasteiger partial charge >= 0.3 is 23.9 Å². The lowest BCUT2D eigenvalue weighted by Crippen LogP contribution is -2.59. The fourth-order valence-corrected chi connectivity index (χ4v) is 10.4. The molecule has 1 fully saturated rings. The summed E-state index contributed by atoms with van der Waals surface area (Å²) in [4.78, 5) is 179. The Kier molecular flexibility index (Phi) is 34.0. The zero-order valence-electron chi connectivity index (χ0n) is 52.7. The minimum absolute atomic E-state index is 0.0302. The molecular formula is C59H91N13O18S. The quantitative estimate of drug-likeness (QED) is 0.0198. The molecule has 18 N–H and O–H groups in total. The van der Waals surface area contributed by atoms with E-state index in [-0.39, 0.29) is 56.1 Å². The van der Waals surface area contributed by atoms with Crippen LogP contribution in [0.4, 0.5) is 0 Å². The van der Waals surface area contributed by atoms with Crippen molar-refractivity contribution < 1.29 is 87.5 Å². The number of amides is 9. The van der Waals surface area contributed by atoms with Crippen LogP contribution >= 0.6 is 11.8 Å². The predicted molar refractivity (Wildman–Crippen MR) is 334 cm³/mol. The summed E-state index contributed by atoms with van der Waals surface area (Å²) >= 11 is 0.779. The number of guanidine groups is 1. The van der Waals surface area contributed by atoms with E-state index >= 15 is 0 Å². The number of carbonyl (C=O) groups is 13. The van der Waals surface area contributed by atoms with E-state index < -0.39 is 181 Å². The van der Waals surface area contributed by atoms with Crippen LogP contribution in [0.1, 0.15) is 99.0 Å². The van der Waals surface area contributed by atoms with Gasteiger partial charge in [-0.3, -0.25) is 57.7 Å². The lowest BCUT2D eigenvalue weighted by Gasteiger charge is -2.30. The molecule has 1 aliphatic heterocycles. The molecule has 1 saturated heterocycles. The van der Waals surface area contributed by atoms with Gasteiger partial charge in [0.25, 0.3) is 0 Å². The highest BCUT2D eigenvalue weighted by atomic mass is 32.2. The van der Waals surface area contributed by atoms with E-state index in [1.54, 1.807) is 34.0 Å². The third-order valence-electron chi connectivity index (χ3n) is 14.7. The molecule has 0 aliphatic carbocycles. The smallest absolute Gasteiger partial charge is 0.327 e. The summed E-state index contributed by atoms with van der Waals surface area (Å²) in [6.07, 6.45) is 3.00. The molecule has 31 nitrogen and oxygen atoms in total.